The number of amides is 1. The van der Waals surface area contributed by atoms with Crippen molar-refractivity contribution in [1.29, 1.82) is 0 Å². The third-order valence-electron chi connectivity index (χ3n) is 2.42. The highest BCUT2D eigenvalue weighted by Gasteiger charge is 2.23. The van der Waals surface area contributed by atoms with Gasteiger partial charge >= 0.3 is 0 Å². The van der Waals surface area contributed by atoms with Crippen molar-refractivity contribution in [2.45, 2.75) is 0 Å². The fourth-order valence-corrected chi connectivity index (χ4v) is 1.70. The van der Waals surface area contributed by atoms with Crippen LogP contribution in [0.25, 0.3) is 11.6 Å². The average molecular weight is 212 g/mol. The van der Waals surface area contributed by atoms with E-state index in [1.807, 2.05) is 24.3 Å². The summed E-state index contributed by atoms with van der Waals surface area (Å²) in [4.78, 5) is 15.7. The number of fused-ring (bicyclic) bond motifs is 1. The van der Waals surface area contributed by atoms with Gasteiger partial charge in [0.25, 0.3) is 5.91 Å². The van der Waals surface area contributed by atoms with E-state index in [2.05, 4.69) is 20.5 Å². The van der Waals surface area contributed by atoms with Crippen LogP contribution in [0.2, 0.25) is 0 Å². The molecule has 2 heterocycles. The van der Waals surface area contributed by atoms with Gasteiger partial charge in [0.15, 0.2) is 0 Å². The summed E-state index contributed by atoms with van der Waals surface area (Å²) >= 11 is 0. The topological polar surface area (TPSA) is 70.7 Å². The zero-order chi connectivity index (χ0) is 11.0. The van der Waals surface area contributed by atoms with E-state index in [0.29, 0.717) is 11.4 Å². The Morgan fingerprint density at radius 1 is 1.25 bits per heavy atom. The second-order valence-corrected chi connectivity index (χ2v) is 3.43. The Morgan fingerprint density at radius 2 is 2.12 bits per heavy atom. The Morgan fingerprint density at radius 3 is 2.94 bits per heavy atom. The highest BCUT2D eigenvalue weighted by molar-refractivity contribution is 6.34. The predicted octanol–water partition coefficient (Wildman–Crippen LogP) is 1.30. The molecule has 78 valence electrons. The maximum absolute atomic E-state index is 11.7. The number of carbonyl (C=O) groups excluding carboxylic acids is 1. The third-order valence-corrected chi connectivity index (χ3v) is 2.42. The standard InChI is InChI=1S/C11H8N4O/c16-11-8(5-10-12-6-13-15-10)7-3-1-2-4-9(7)14-11/h1-6H,(H,14,16)(H,12,13,15). The number of hydrogen-bond acceptors (Lipinski definition) is 3. The van der Waals surface area contributed by atoms with Gasteiger partial charge in [-0.25, -0.2) is 4.98 Å². The van der Waals surface area contributed by atoms with Crippen molar-refractivity contribution in [2.24, 2.45) is 0 Å². The van der Waals surface area contributed by atoms with Crippen molar-refractivity contribution >= 4 is 23.2 Å². The van der Waals surface area contributed by atoms with Crippen LogP contribution in [0, 0.1) is 0 Å². The number of carbonyl (C=O) groups is 1. The molecule has 5 heteroatoms. The fourth-order valence-electron chi connectivity index (χ4n) is 1.70. The van der Waals surface area contributed by atoms with Crippen molar-refractivity contribution in [3.05, 3.63) is 42.0 Å². The first-order valence-corrected chi connectivity index (χ1v) is 4.82. The second kappa shape index (κ2) is 3.30. The van der Waals surface area contributed by atoms with Gasteiger partial charge in [0.1, 0.15) is 12.2 Å². The molecule has 16 heavy (non-hydrogen) atoms. The second-order valence-electron chi connectivity index (χ2n) is 3.43. The van der Waals surface area contributed by atoms with Crippen molar-refractivity contribution in [2.75, 3.05) is 5.32 Å². The Balaban J connectivity index is 2.12. The molecule has 0 saturated carbocycles. The molecule has 1 aliphatic heterocycles. The van der Waals surface area contributed by atoms with E-state index >= 15 is 0 Å². The van der Waals surface area contributed by atoms with Crippen LogP contribution in [-0.2, 0) is 4.79 Å². The minimum absolute atomic E-state index is 0.113. The van der Waals surface area contributed by atoms with Crippen LogP contribution in [0.15, 0.2) is 30.6 Å². The highest BCUT2D eigenvalue weighted by atomic mass is 16.2. The van der Waals surface area contributed by atoms with E-state index in [1.54, 1.807) is 6.08 Å². The number of hydrogen-bond donors (Lipinski definition) is 2. The lowest BCUT2D eigenvalue weighted by Crippen LogP contribution is -2.03. The Labute approximate surface area is 91.2 Å². The third kappa shape index (κ3) is 1.30. The van der Waals surface area contributed by atoms with Crippen LogP contribution < -0.4 is 5.32 Å². The summed E-state index contributed by atoms with van der Waals surface area (Å²) in [6, 6.07) is 7.55. The molecule has 0 atom stereocenters. The summed E-state index contributed by atoms with van der Waals surface area (Å²) in [6.45, 7) is 0. The molecule has 2 N–H and O–H groups in total. The normalized spacial score (nSPS) is 16.2. The molecule has 3 rings (SSSR count). The smallest absolute Gasteiger partial charge is 0.256 e. The summed E-state index contributed by atoms with van der Waals surface area (Å²) < 4.78 is 0. The van der Waals surface area contributed by atoms with Crippen LogP contribution in [0.1, 0.15) is 11.4 Å². The van der Waals surface area contributed by atoms with E-state index in [-0.39, 0.29) is 5.91 Å². The van der Waals surface area contributed by atoms with Gasteiger partial charge in [-0.05, 0) is 12.1 Å². The SMILES string of the molecule is O=C1Nc2ccccc2C1=Cc1ncn[nH]1. The zero-order valence-corrected chi connectivity index (χ0v) is 8.27. The van der Waals surface area contributed by atoms with Crippen molar-refractivity contribution in [3.8, 4) is 0 Å². The Bertz CT molecular complexity index is 571. The minimum atomic E-state index is -0.113. The molecule has 0 saturated heterocycles. The number of aromatic nitrogens is 3. The lowest BCUT2D eigenvalue weighted by molar-refractivity contribution is -0.110. The molecule has 1 aromatic heterocycles. The zero-order valence-electron chi connectivity index (χ0n) is 8.27. The largest absolute Gasteiger partial charge is 0.321 e. The molecule has 0 unspecified atom stereocenters. The number of nitrogens with zero attached hydrogens (tertiary/aromatic N) is 2. The maximum atomic E-state index is 11.7. The Hall–Kier alpha value is -2.43. The lowest BCUT2D eigenvalue weighted by atomic mass is 10.1. The molecule has 0 radical (unpaired) electrons. The predicted molar refractivity (Wildman–Crippen MR) is 59.3 cm³/mol. The number of para-hydroxylation sites is 1. The van der Waals surface area contributed by atoms with Gasteiger partial charge in [0.05, 0.1) is 5.57 Å². The summed E-state index contributed by atoms with van der Waals surface area (Å²) in [6.07, 6.45) is 3.10. The van der Waals surface area contributed by atoms with Gasteiger partial charge < -0.3 is 5.32 Å². The van der Waals surface area contributed by atoms with Crippen molar-refractivity contribution < 1.29 is 4.79 Å². The van der Waals surface area contributed by atoms with Crippen LogP contribution in [0.3, 0.4) is 0 Å². The Kier molecular flexibility index (Phi) is 1.83. The van der Waals surface area contributed by atoms with Crippen molar-refractivity contribution in [1.82, 2.24) is 15.2 Å². The van der Waals surface area contributed by atoms with Gasteiger partial charge in [0, 0.05) is 11.3 Å². The first-order valence-electron chi connectivity index (χ1n) is 4.82. The molecular formula is C11H8N4O. The monoisotopic (exact) mass is 212 g/mol. The van der Waals surface area contributed by atoms with Crippen LogP contribution in [0.4, 0.5) is 5.69 Å². The molecule has 5 nitrogen and oxygen atoms in total. The number of rotatable bonds is 1. The number of H-pyrrole nitrogens is 1. The molecule has 1 aromatic carbocycles. The molecule has 0 fully saturated rings. The van der Waals surface area contributed by atoms with E-state index < -0.39 is 0 Å². The molecule has 2 aromatic rings. The number of anilines is 1. The first kappa shape index (κ1) is 8.84. The van der Waals surface area contributed by atoms with Crippen LogP contribution in [-0.4, -0.2) is 21.1 Å². The van der Waals surface area contributed by atoms with Gasteiger partial charge in [-0.2, -0.15) is 5.10 Å². The maximum Gasteiger partial charge on any atom is 0.256 e. The average Bonchev–Trinajstić information content (AvgIpc) is 2.89. The van der Waals surface area contributed by atoms with Gasteiger partial charge in [-0.15, -0.1) is 0 Å². The number of benzene rings is 1. The molecule has 0 bridgehead atoms. The minimum Gasteiger partial charge on any atom is -0.321 e. The van der Waals surface area contributed by atoms with Gasteiger partial charge in [-0.3, -0.25) is 9.89 Å². The number of aromatic amines is 1. The molecule has 1 aliphatic rings. The quantitative estimate of drug-likeness (QED) is 0.700. The van der Waals surface area contributed by atoms with E-state index in [1.165, 1.54) is 6.33 Å². The summed E-state index contributed by atoms with van der Waals surface area (Å²) in [5, 5.41) is 9.22. The van der Waals surface area contributed by atoms with Gasteiger partial charge in [-0.1, -0.05) is 18.2 Å². The molecule has 0 aliphatic carbocycles. The lowest BCUT2D eigenvalue weighted by Gasteiger charge is -1.95. The summed E-state index contributed by atoms with van der Waals surface area (Å²) in [5.41, 5.74) is 2.33. The first-order chi connectivity index (χ1) is 7.84. The van der Waals surface area contributed by atoms with E-state index in [4.69, 9.17) is 0 Å². The van der Waals surface area contributed by atoms with Crippen LogP contribution >= 0.6 is 0 Å². The summed E-state index contributed by atoms with van der Waals surface area (Å²) in [5.74, 6) is 0.458. The fraction of sp³-hybridized carbons (Fsp3) is 0. The van der Waals surface area contributed by atoms with Crippen LogP contribution in [0.5, 0.6) is 0 Å². The summed E-state index contributed by atoms with van der Waals surface area (Å²) in [7, 11) is 0. The molecular weight excluding hydrogens is 204 g/mol. The van der Waals surface area contributed by atoms with Crippen molar-refractivity contribution in [3.63, 3.8) is 0 Å². The number of nitrogens with one attached hydrogen (secondary N) is 2. The van der Waals surface area contributed by atoms with E-state index in [9.17, 15) is 4.79 Å². The highest BCUT2D eigenvalue weighted by Crippen LogP contribution is 2.31. The molecule has 0 spiro atoms. The molecule has 1 amide bonds. The van der Waals surface area contributed by atoms with E-state index in [0.717, 1.165) is 11.3 Å². The van der Waals surface area contributed by atoms with Gasteiger partial charge in [0.2, 0.25) is 0 Å².